The van der Waals surface area contributed by atoms with Crippen molar-refractivity contribution in [3.8, 4) is 56.2 Å². The lowest BCUT2D eigenvalue weighted by Gasteiger charge is -2.47. The normalized spacial score (nSPS) is 14.2. The highest BCUT2D eigenvalue weighted by Crippen LogP contribution is 2.63. The third-order valence-electron chi connectivity index (χ3n) is 13.0. The van der Waals surface area contributed by atoms with Crippen molar-refractivity contribution in [1.82, 2.24) is 9.97 Å². The van der Waals surface area contributed by atoms with Crippen LogP contribution in [-0.2, 0) is 10.8 Å². The van der Waals surface area contributed by atoms with E-state index in [-0.39, 0.29) is 5.41 Å². The largest absolute Gasteiger partial charge is 0.228 e. The molecule has 10 aromatic rings. The van der Waals surface area contributed by atoms with Crippen LogP contribution in [0.15, 0.2) is 194 Å². The Balaban J connectivity index is 1.02. The maximum Gasteiger partial charge on any atom is 0.160 e. The van der Waals surface area contributed by atoms with Gasteiger partial charge in [-0.25, -0.2) is 9.97 Å². The van der Waals surface area contributed by atoms with E-state index in [1.807, 2.05) is 11.3 Å². The van der Waals surface area contributed by atoms with Gasteiger partial charge in [0.1, 0.15) is 0 Å². The fourth-order valence-electron chi connectivity index (χ4n) is 10.4. The van der Waals surface area contributed by atoms with Crippen LogP contribution in [0.25, 0.3) is 76.3 Å². The van der Waals surface area contributed by atoms with E-state index in [0.29, 0.717) is 0 Å². The first-order chi connectivity index (χ1) is 29.0. The zero-order valence-corrected chi connectivity index (χ0v) is 33.6. The van der Waals surface area contributed by atoms with Crippen molar-refractivity contribution in [2.24, 2.45) is 0 Å². The Labute approximate surface area is 348 Å². The number of hydrogen-bond donors (Lipinski definition) is 0. The second kappa shape index (κ2) is 12.8. The summed E-state index contributed by atoms with van der Waals surface area (Å²) in [7, 11) is 0. The van der Waals surface area contributed by atoms with Gasteiger partial charge in [0, 0.05) is 42.3 Å². The van der Waals surface area contributed by atoms with Crippen LogP contribution in [0, 0.1) is 0 Å². The molecule has 278 valence electrons. The van der Waals surface area contributed by atoms with Gasteiger partial charge in [-0.05, 0) is 73.8 Å². The second-order valence-corrected chi connectivity index (χ2v) is 17.5. The van der Waals surface area contributed by atoms with E-state index in [0.717, 1.165) is 33.9 Å². The molecule has 0 aliphatic heterocycles. The molecular formula is C56H38N2S. The Bertz CT molecular complexity index is 3250. The molecule has 2 aliphatic rings. The van der Waals surface area contributed by atoms with Crippen LogP contribution in [0.2, 0.25) is 0 Å². The number of benzene rings is 8. The van der Waals surface area contributed by atoms with E-state index in [1.165, 1.54) is 75.8 Å². The van der Waals surface area contributed by atoms with E-state index < -0.39 is 5.41 Å². The zero-order valence-electron chi connectivity index (χ0n) is 32.8. The first-order valence-electron chi connectivity index (χ1n) is 20.4. The summed E-state index contributed by atoms with van der Waals surface area (Å²) in [5.74, 6) is 0.727. The topological polar surface area (TPSA) is 25.8 Å². The van der Waals surface area contributed by atoms with Gasteiger partial charge >= 0.3 is 0 Å². The molecule has 3 heteroatoms. The van der Waals surface area contributed by atoms with Crippen LogP contribution < -0.4 is 0 Å². The number of rotatable bonds is 4. The minimum atomic E-state index is -0.422. The van der Waals surface area contributed by atoms with E-state index in [2.05, 4.69) is 208 Å². The molecule has 2 aliphatic carbocycles. The summed E-state index contributed by atoms with van der Waals surface area (Å²) < 4.78 is 2.53. The Morgan fingerprint density at radius 3 is 1.63 bits per heavy atom. The highest BCUT2D eigenvalue weighted by Gasteiger charge is 2.53. The monoisotopic (exact) mass is 770 g/mol. The molecule has 0 amide bonds. The van der Waals surface area contributed by atoms with Gasteiger partial charge in [-0.2, -0.15) is 0 Å². The molecule has 0 fully saturated rings. The van der Waals surface area contributed by atoms with E-state index >= 15 is 0 Å². The van der Waals surface area contributed by atoms with Crippen molar-refractivity contribution in [2.45, 2.75) is 24.7 Å². The molecule has 1 spiro atoms. The molecule has 0 saturated heterocycles. The van der Waals surface area contributed by atoms with E-state index in [4.69, 9.17) is 9.97 Å². The lowest BCUT2D eigenvalue weighted by atomic mass is 9.54. The lowest BCUT2D eigenvalue weighted by Crippen LogP contribution is -2.41. The number of nitrogens with zero attached hydrogens (tertiary/aromatic N) is 2. The second-order valence-electron chi connectivity index (χ2n) is 16.5. The molecule has 0 saturated carbocycles. The first-order valence-corrected chi connectivity index (χ1v) is 21.2. The summed E-state index contributed by atoms with van der Waals surface area (Å²) in [5, 5.41) is 2.56. The van der Waals surface area contributed by atoms with Crippen LogP contribution in [0.4, 0.5) is 0 Å². The molecule has 0 N–H and O–H groups in total. The summed E-state index contributed by atoms with van der Waals surface area (Å²) in [6, 6.07) is 71.2. The van der Waals surface area contributed by atoms with Crippen LogP contribution in [-0.4, -0.2) is 9.97 Å². The molecule has 0 bridgehead atoms. The Morgan fingerprint density at radius 1 is 0.373 bits per heavy atom. The third-order valence-corrected chi connectivity index (χ3v) is 14.1. The fourth-order valence-corrected chi connectivity index (χ4v) is 11.5. The van der Waals surface area contributed by atoms with Gasteiger partial charge in [-0.15, -0.1) is 11.3 Å². The summed E-state index contributed by atoms with van der Waals surface area (Å²) in [4.78, 5) is 10.4. The molecule has 59 heavy (non-hydrogen) atoms. The van der Waals surface area contributed by atoms with Crippen LogP contribution in [0.5, 0.6) is 0 Å². The van der Waals surface area contributed by atoms with Crippen molar-refractivity contribution in [3.63, 3.8) is 0 Å². The number of hydrogen-bond acceptors (Lipinski definition) is 3. The van der Waals surface area contributed by atoms with Gasteiger partial charge in [-0.3, -0.25) is 0 Å². The zero-order chi connectivity index (χ0) is 39.3. The smallest absolute Gasteiger partial charge is 0.160 e. The quantitative estimate of drug-likeness (QED) is 0.178. The van der Waals surface area contributed by atoms with Gasteiger partial charge in [0.05, 0.1) is 16.8 Å². The Morgan fingerprint density at radius 2 is 0.898 bits per heavy atom. The summed E-state index contributed by atoms with van der Waals surface area (Å²) in [5.41, 5.74) is 17.6. The fraction of sp³-hybridized carbons (Fsp3) is 0.0714. The SMILES string of the molecule is CC1(C)c2ccccc2C2(c3ccccc3-c3ccccc32)c2cccc(-c3ccc(-c4cc(-c5ccccc5)nc(-c5ccc6c(c5)sc5ccccc56)n4)cc3)c21. The summed E-state index contributed by atoms with van der Waals surface area (Å²) in [6.45, 7) is 4.82. The first kappa shape index (κ1) is 34.1. The van der Waals surface area contributed by atoms with Crippen molar-refractivity contribution in [2.75, 3.05) is 0 Å². The molecule has 0 atom stereocenters. The van der Waals surface area contributed by atoms with Gasteiger partial charge in [0.15, 0.2) is 5.82 Å². The standard InChI is InChI=1S/C56H38N2S/c1-55(2)46-23-11-12-24-47(46)56(44-21-9-6-17-40(44)41-18-7-10-22-45(41)56)48-25-14-20-39(53(48)55)35-27-29-37(30-28-35)50-34-49(36-15-4-3-5-16-36)57-54(58-50)38-31-32-43-42-19-8-13-26-51(42)59-52(43)33-38/h3-34H,1-2H3. The van der Waals surface area contributed by atoms with Gasteiger partial charge in [0.25, 0.3) is 0 Å². The third kappa shape index (κ3) is 4.92. The van der Waals surface area contributed by atoms with Crippen molar-refractivity contribution < 1.29 is 0 Å². The van der Waals surface area contributed by atoms with Gasteiger partial charge in [0.2, 0.25) is 0 Å². The number of fused-ring (bicyclic) bond motifs is 12. The molecule has 0 radical (unpaired) electrons. The van der Waals surface area contributed by atoms with Crippen LogP contribution in [0.1, 0.15) is 47.2 Å². The van der Waals surface area contributed by atoms with E-state index in [1.54, 1.807) is 0 Å². The maximum atomic E-state index is 5.27. The van der Waals surface area contributed by atoms with Crippen molar-refractivity contribution in [1.29, 1.82) is 0 Å². The molecule has 0 unspecified atom stereocenters. The maximum absolute atomic E-state index is 5.27. The molecule has 8 aromatic carbocycles. The molecular weight excluding hydrogens is 733 g/mol. The van der Waals surface area contributed by atoms with Crippen molar-refractivity contribution in [3.05, 3.63) is 228 Å². The van der Waals surface area contributed by atoms with Crippen molar-refractivity contribution >= 4 is 31.5 Å². The molecule has 2 aromatic heterocycles. The molecule has 2 nitrogen and oxygen atoms in total. The lowest BCUT2D eigenvalue weighted by molar-refractivity contribution is 0.565. The van der Waals surface area contributed by atoms with E-state index in [9.17, 15) is 0 Å². The van der Waals surface area contributed by atoms with Crippen LogP contribution >= 0.6 is 11.3 Å². The average molecular weight is 771 g/mol. The van der Waals surface area contributed by atoms with Gasteiger partial charge < -0.3 is 0 Å². The van der Waals surface area contributed by atoms with Gasteiger partial charge in [-0.1, -0.05) is 190 Å². The Hall–Kier alpha value is -6.94. The minimum absolute atomic E-state index is 0.249. The highest BCUT2D eigenvalue weighted by molar-refractivity contribution is 7.25. The number of thiophene rings is 1. The van der Waals surface area contributed by atoms with Crippen LogP contribution in [0.3, 0.4) is 0 Å². The predicted octanol–water partition coefficient (Wildman–Crippen LogP) is 14.5. The minimum Gasteiger partial charge on any atom is -0.228 e. The highest BCUT2D eigenvalue weighted by atomic mass is 32.1. The summed E-state index contributed by atoms with van der Waals surface area (Å²) >= 11 is 1.82. The summed E-state index contributed by atoms with van der Waals surface area (Å²) in [6.07, 6.45) is 0. The number of aromatic nitrogens is 2. The Kier molecular flexibility index (Phi) is 7.39. The molecule has 12 rings (SSSR count). The predicted molar refractivity (Wildman–Crippen MR) is 246 cm³/mol. The molecule has 2 heterocycles. The average Bonchev–Trinajstić information content (AvgIpc) is 3.82.